The molecular weight excluding hydrogens is 280 g/mol. The van der Waals surface area contributed by atoms with Gasteiger partial charge in [-0.1, -0.05) is 12.8 Å². The topological polar surface area (TPSA) is 61.6 Å². The van der Waals surface area contributed by atoms with E-state index in [1.54, 1.807) is 6.20 Å². The largest absolute Gasteiger partial charge is 0.480 e. The Labute approximate surface area is 131 Å². The zero-order valence-corrected chi connectivity index (χ0v) is 13.5. The number of rotatable bonds is 4. The second-order valence-electron chi connectivity index (χ2n) is 6.54. The molecule has 6 heteroatoms. The molecule has 3 rings (SSSR count). The Bertz CT molecular complexity index is 528. The maximum absolute atomic E-state index is 11.8. The van der Waals surface area contributed by atoms with Gasteiger partial charge in [0.15, 0.2) is 6.04 Å². The summed E-state index contributed by atoms with van der Waals surface area (Å²) in [6.45, 7) is 5.49. The third-order valence-corrected chi connectivity index (χ3v) is 5.33. The molecule has 22 heavy (non-hydrogen) atoms. The van der Waals surface area contributed by atoms with Gasteiger partial charge in [0, 0.05) is 39.3 Å². The van der Waals surface area contributed by atoms with Gasteiger partial charge in [-0.25, -0.2) is 4.98 Å². The highest BCUT2D eigenvalue weighted by molar-refractivity contribution is 5.75. The lowest BCUT2D eigenvalue weighted by atomic mass is 10.1. The van der Waals surface area contributed by atoms with E-state index >= 15 is 0 Å². The molecule has 2 heterocycles. The van der Waals surface area contributed by atoms with Gasteiger partial charge < -0.3 is 9.67 Å². The maximum atomic E-state index is 11.8. The maximum Gasteiger partial charge on any atom is 0.327 e. The first-order chi connectivity index (χ1) is 10.6. The van der Waals surface area contributed by atoms with Crippen LogP contribution in [0.15, 0.2) is 6.20 Å². The van der Waals surface area contributed by atoms with Crippen LogP contribution < -0.4 is 0 Å². The molecule has 1 N–H and O–H groups in total. The van der Waals surface area contributed by atoms with Gasteiger partial charge in [0.2, 0.25) is 0 Å². The van der Waals surface area contributed by atoms with Gasteiger partial charge in [0.05, 0.1) is 11.9 Å². The summed E-state index contributed by atoms with van der Waals surface area (Å²) >= 11 is 0. The van der Waals surface area contributed by atoms with Crippen molar-refractivity contribution in [1.29, 1.82) is 0 Å². The summed E-state index contributed by atoms with van der Waals surface area (Å²) in [7, 11) is 1.89. The molecule has 0 spiro atoms. The van der Waals surface area contributed by atoms with E-state index in [0.717, 1.165) is 43.7 Å². The molecule has 1 aromatic heterocycles. The lowest BCUT2D eigenvalue weighted by Gasteiger charge is -2.40. The van der Waals surface area contributed by atoms with Crippen molar-refractivity contribution in [3.63, 3.8) is 0 Å². The van der Waals surface area contributed by atoms with Gasteiger partial charge in [-0.05, 0) is 19.8 Å². The van der Waals surface area contributed by atoms with Crippen LogP contribution >= 0.6 is 0 Å². The number of imidazole rings is 1. The van der Waals surface area contributed by atoms with Crippen LogP contribution in [0.2, 0.25) is 0 Å². The number of aliphatic carboxylic acids is 1. The van der Waals surface area contributed by atoms with Crippen molar-refractivity contribution in [2.24, 2.45) is 7.05 Å². The summed E-state index contributed by atoms with van der Waals surface area (Å²) in [4.78, 5) is 20.7. The van der Waals surface area contributed by atoms with E-state index in [4.69, 9.17) is 0 Å². The van der Waals surface area contributed by atoms with Crippen LogP contribution in [0.25, 0.3) is 0 Å². The summed E-state index contributed by atoms with van der Waals surface area (Å²) in [5, 5.41) is 9.69. The van der Waals surface area contributed by atoms with Crippen molar-refractivity contribution in [2.45, 2.75) is 44.7 Å². The van der Waals surface area contributed by atoms with E-state index in [2.05, 4.69) is 14.8 Å². The fraction of sp³-hybridized carbons (Fsp3) is 0.750. The van der Waals surface area contributed by atoms with Crippen molar-refractivity contribution in [1.82, 2.24) is 19.4 Å². The highest BCUT2D eigenvalue weighted by Gasteiger charge is 2.34. The summed E-state index contributed by atoms with van der Waals surface area (Å²) in [6.07, 6.45) is 7.01. The number of carboxylic acids is 1. The van der Waals surface area contributed by atoms with Gasteiger partial charge in [-0.2, -0.15) is 0 Å². The van der Waals surface area contributed by atoms with E-state index in [9.17, 15) is 9.90 Å². The summed E-state index contributed by atoms with van der Waals surface area (Å²) in [6, 6.07) is 0.140. The van der Waals surface area contributed by atoms with Crippen LogP contribution in [0.5, 0.6) is 0 Å². The minimum absolute atomic E-state index is 0.586. The number of piperazine rings is 1. The Kier molecular flexibility index (Phi) is 4.49. The van der Waals surface area contributed by atoms with E-state index in [1.807, 2.05) is 18.5 Å². The Morgan fingerprint density at radius 1 is 1.27 bits per heavy atom. The summed E-state index contributed by atoms with van der Waals surface area (Å²) in [5.74, 6) is 0.0724. The highest BCUT2D eigenvalue weighted by Crippen LogP contribution is 2.27. The SMILES string of the molecule is Cc1ncc(C(C(=O)O)N2CCN(C3CCCC3)CC2)n1C. The van der Waals surface area contributed by atoms with Crippen LogP contribution in [0.1, 0.15) is 43.2 Å². The van der Waals surface area contributed by atoms with Crippen molar-refractivity contribution < 1.29 is 9.90 Å². The van der Waals surface area contributed by atoms with Gasteiger partial charge in [-0.15, -0.1) is 0 Å². The highest BCUT2D eigenvalue weighted by atomic mass is 16.4. The predicted molar refractivity (Wildman–Crippen MR) is 83.7 cm³/mol. The molecule has 6 nitrogen and oxygen atoms in total. The summed E-state index contributed by atoms with van der Waals surface area (Å²) in [5.41, 5.74) is 0.777. The number of hydrogen-bond acceptors (Lipinski definition) is 4. The van der Waals surface area contributed by atoms with Gasteiger partial charge >= 0.3 is 5.97 Å². The van der Waals surface area contributed by atoms with Crippen molar-refractivity contribution in [2.75, 3.05) is 26.2 Å². The molecule has 0 radical (unpaired) electrons. The van der Waals surface area contributed by atoms with Crippen LogP contribution in [-0.4, -0.2) is 62.6 Å². The van der Waals surface area contributed by atoms with E-state index in [1.165, 1.54) is 25.7 Å². The van der Waals surface area contributed by atoms with E-state index < -0.39 is 12.0 Å². The molecule has 0 aromatic carbocycles. The van der Waals surface area contributed by atoms with Crippen molar-refractivity contribution >= 4 is 5.97 Å². The molecule has 2 fully saturated rings. The van der Waals surface area contributed by atoms with Gasteiger partial charge in [-0.3, -0.25) is 14.6 Å². The third kappa shape index (κ3) is 2.90. The van der Waals surface area contributed by atoms with Crippen LogP contribution in [-0.2, 0) is 11.8 Å². The Hall–Kier alpha value is -1.40. The Balaban J connectivity index is 1.69. The smallest absolute Gasteiger partial charge is 0.327 e. The molecule has 1 aliphatic carbocycles. The van der Waals surface area contributed by atoms with Crippen molar-refractivity contribution in [3.8, 4) is 0 Å². The number of carboxylic acid groups (broad SMARTS) is 1. The van der Waals surface area contributed by atoms with E-state index in [-0.39, 0.29) is 0 Å². The zero-order valence-electron chi connectivity index (χ0n) is 13.5. The monoisotopic (exact) mass is 306 g/mol. The second-order valence-corrected chi connectivity index (χ2v) is 6.54. The van der Waals surface area contributed by atoms with Gasteiger partial charge in [0.25, 0.3) is 0 Å². The Morgan fingerprint density at radius 3 is 2.41 bits per heavy atom. The normalized spacial score (nSPS) is 23.0. The fourth-order valence-electron chi connectivity index (χ4n) is 3.87. The lowest BCUT2D eigenvalue weighted by molar-refractivity contribution is -0.144. The van der Waals surface area contributed by atoms with Crippen molar-refractivity contribution in [3.05, 3.63) is 17.7 Å². The first-order valence-electron chi connectivity index (χ1n) is 8.27. The number of aromatic nitrogens is 2. The average molecular weight is 306 g/mol. The number of carbonyl (C=O) groups is 1. The molecule has 0 bridgehead atoms. The first-order valence-corrected chi connectivity index (χ1v) is 8.27. The number of hydrogen-bond donors (Lipinski definition) is 1. The predicted octanol–water partition coefficient (Wildman–Crippen LogP) is 1.41. The minimum atomic E-state index is -0.780. The molecule has 1 saturated carbocycles. The quantitative estimate of drug-likeness (QED) is 0.911. The molecule has 1 atom stereocenters. The zero-order chi connectivity index (χ0) is 15.7. The molecule has 1 aliphatic heterocycles. The Morgan fingerprint density at radius 2 is 1.91 bits per heavy atom. The number of aryl methyl sites for hydroxylation is 1. The molecule has 1 aromatic rings. The van der Waals surface area contributed by atoms with E-state index in [0.29, 0.717) is 0 Å². The molecule has 1 saturated heterocycles. The van der Waals surface area contributed by atoms with Crippen LogP contribution in [0, 0.1) is 6.92 Å². The van der Waals surface area contributed by atoms with Crippen LogP contribution in [0.4, 0.5) is 0 Å². The minimum Gasteiger partial charge on any atom is -0.480 e. The third-order valence-electron chi connectivity index (χ3n) is 5.33. The second kappa shape index (κ2) is 6.38. The molecule has 0 amide bonds. The fourth-order valence-corrected chi connectivity index (χ4v) is 3.87. The lowest BCUT2D eigenvalue weighted by Crippen LogP contribution is -2.52. The molecule has 1 unspecified atom stereocenters. The average Bonchev–Trinajstić information content (AvgIpc) is 3.14. The standard InChI is InChI=1S/C16H26N4O2/c1-12-17-11-14(18(12)2)15(16(21)22)20-9-7-19(8-10-20)13-5-3-4-6-13/h11,13,15H,3-10H2,1-2H3,(H,21,22). The number of nitrogens with zero attached hydrogens (tertiary/aromatic N) is 4. The van der Waals surface area contributed by atoms with Gasteiger partial charge in [0.1, 0.15) is 5.82 Å². The van der Waals surface area contributed by atoms with Crippen LogP contribution in [0.3, 0.4) is 0 Å². The first kappa shape index (κ1) is 15.5. The molecular formula is C16H26N4O2. The molecule has 2 aliphatic rings. The summed E-state index contributed by atoms with van der Waals surface area (Å²) < 4.78 is 1.89. The molecule has 122 valence electrons.